The predicted molar refractivity (Wildman–Crippen MR) is 56.9 cm³/mol. The van der Waals surface area contributed by atoms with Gasteiger partial charge in [0.2, 0.25) is 5.91 Å². The van der Waals surface area contributed by atoms with Gasteiger partial charge < -0.3 is 4.90 Å². The third-order valence-corrected chi connectivity index (χ3v) is 3.69. The van der Waals surface area contributed by atoms with Gasteiger partial charge in [-0.2, -0.15) is 0 Å². The maximum atomic E-state index is 12.1. The van der Waals surface area contributed by atoms with Gasteiger partial charge in [0.05, 0.1) is 0 Å². The Balaban J connectivity index is 1.87. The fourth-order valence-electron chi connectivity index (χ4n) is 2.74. The molecular formula is C12H21NO. The first kappa shape index (κ1) is 10.0. The lowest BCUT2D eigenvalue weighted by Gasteiger charge is -2.26. The third-order valence-electron chi connectivity index (χ3n) is 3.69. The van der Waals surface area contributed by atoms with E-state index in [1.54, 1.807) is 0 Å². The van der Waals surface area contributed by atoms with Crippen LogP contribution in [-0.2, 0) is 4.79 Å². The molecule has 1 aliphatic heterocycles. The van der Waals surface area contributed by atoms with Crippen molar-refractivity contribution in [2.45, 2.75) is 45.4 Å². The summed E-state index contributed by atoms with van der Waals surface area (Å²) >= 11 is 0. The SMILES string of the molecule is CC1CCN(C(=O)C2CCCCC2)C1. The zero-order chi connectivity index (χ0) is 9.97. The van der Waals surface area contributed by atoms with Crippen molar-refractivity contribution in [2.75, 3.05) is 13.1 Å². The van der Waals surface area contributed by atoms with Crippen molar-refractivity contribution in [1.82, 2.24) is 4.90 Å². The lowest BCUT2D eigenvalue weighted by atomic mass is 9.88. The van der Waals surface area contributed by atoms with Crippen LogP contribution < -0.4 is 0 Å². The van der Waals surface area contributed by atoms with E-state index in [1.165, 1.54) is 25.7 Å². The smallest absolute Gasteiger partial charge is 0.225 e. The van der Waals surface area contributed by atoms with Gasteiger partial charge in [0.15, 0.2) is 0 Å². The second-order valence-electron chi connectivity index (χ2n) is 5.01. The molecule has 2 nitrogen and oxygen atoms in total. The van der Waals surface area contributed by atoms with E-state index < -0.39 is 0 Å². The molecule has 1 amide bonds. The highest BCUT2D eigenvalue weighted by Gasteiger charge is 2.29. The average molecular weight is 195 g/mol. The van der Waals surface area contributed by atoms with E-state index >= 15 is 0 Å². The summed E-state index contributed by atoms with van der Waals surface area (Å²) in [5.74, 6) is 1.55. The summed E-state index contributed by atoms with van der Waals surface area (Å²) in [6.07, 6.45) is 7.35. The number of hydrogen-bond donors (Lipinski definition) is 0. The molecule has 2 aliphatic rings. The highest BCUT2D eigenvalue weighted by Crippen LogP contribution is 2.27. The Morgan fingerprint density at radius 2 is 1.86 bits per heavy atom. The zero-order valence-corrected chi connectivity index (χ0v) is 9.17. The van der Waals surface area contributed by atoms with Crippen molar-refractivity contribution in [2.24, 2.45) is 11.8 Å². The summed E-state index contributed by atoms with van der Waals surface area (Å²) in [4.78, 5) is 14.2. The second-order valence-corrected chi connectivity index (χ2v) is 5.01. The van der Waals surface area contributed by atoms with Gasteiger partial charge >= 0.3 is 0 Å². The molecule has 0 spiro atoms. The summed E-state index contributed by atoms with van der Waals surface area (Å²) in [6, 6.07) is 0. The number of carbonyl (C=O) groups is 1. The average Bonchev–Trinajstić information content (AvgIpc) is 2.65. The van der Waals surface area contributed by atoms with Gasteiger partial charge in [-0.3, -0.25) is 4.79 Å². The normalized spacial score (nSPS) is 29.5. The van der Waals surface area contributed by atoms with E-state index in [0.29, 0.717) is 11.8 Å². The van der Waals surface area contributed by atoms with Gasteiger partial charge in [0.1, 0.15) is 0 Å². The molecule has 1 unspecified atom stereocenters. The first-order chi connectivity index (χ1) is 6.77. The molecule has 14 heavy (non-hydrogen) atoms. The molecular weight excluding hydrogens is 174 g/mol. The van der Waals surface area contributed by atoms with Gasteiger partial charge in [0.25, 0.3) is 0 Å². The molecule has 0 radical (unpaired) electrons. The fraction of sp³-hybridized carbons (Fsp3) is 0.917. The molecule has 1 saturated carbocycles. The topological polar surface area (TPSA) is 20.3 Å². The van der Waals surface area contributed by atoms with E-state index in [9.17, 15) is 4.79 Å². The van der Waals surface area contributed by atoms with Crippen LogP contribution in [0.25, 0.3) is 0 Å². The van der Waals surface area contributed by atoms with E-state index in [4.69, 9.17) is 0 Å². The molecule has 1 atom stereocenters. The minimum atomic E-state index is 0.369. The first-order valence-corrected chi connectivity index (χ1v) is 6.06. The van der Waals surface area contributed by atoms with Gasteiger partial charge in [-0.05, 0) is 25.2 Å². The van der Waals surface area contributed by atoms with Crippen molar-refractivity contribution in [3.63, 3.8) is 0 Å². The molecule has 0 aromatic heterocycles. The van der Waals surface area contributed by atoms with Crippen LogP contribution in [0, 0.1) is 11.8 Å². The van der Waals surface area contributed by atoms with E-state index in [1.807, 2.05) is 0 Å². The van der Waals surface area contributed by atoms with E-state index in [2.05, 4.69) is 11.8 Å². The molecule has 80 valence electrons. The van der Waals surface area contributed by atoms with Crippen LogP contribution >= 0.6 is 0 Å². The molecule has 2 fully saturated rings. The van der Waals surface area contributed by atoms with Crippen LogP contribution in [0.1, 0.15) is 45.4 Å². The van der Waals surface area contributed by atoms with Gasteiger partial charge in [-0.1, -0.05) is 26.2 Å². The molecule has 0 bridgehead atoms. The Morgan fingerprint density at radius 1 is 1.14 bits per heavy atom. The largest absolute Gasteiger partial charge is 0.342 e. The number of nitrogens with zero attached hydrogens (tertiary/aromatic N) is 1. The van der Waals surface area contributed by atoms with Crippen molar-refractivity contribution < 1.29 is 4.79 Å². The number of amides is 1. The van der Waals surface area contributed by atoms with Crippen LogP contribution in [0.4, 0.5) is 0 Å². The Morgan fingerprint density at radius 3 is 2.43 bits per heavy atom. The number of rotatable bonds is 1. The Kier molecular flexibility index (Phi) is 3.09. The number of carbonyl (C=O) groups excluding carboxylic acids is 1. The highest BCUT2D eigenvalue weighted by atomic mass is 16.2. The van der Waals surface area contributed by atoms with Crippen LogP contribution in [-0.4, -0.2) is 23.9 Å². The zero-order valence-electron chi connectivity index (χ0n) is 9.17. The lowest BCUT2D eigenvalue weighted by Crippen LogP contribution is -2.35. The standard InChI is InChI=1S/C12H21NO/c1-10-7-8-13(9-10)12(14)11-5-3-2-4-6-11/h10-11H,2-9H2,1H3. The second kappa shape index (κ2) is 4.33. The van der Waals surface area contributed by atoms with Gasteiger partial charge in [-0.15, -0.1) is 0 Å². The molecule has 1 aliphatic carbocycles. The predicted octanol–water partition coefficient (Wildman–Crippen LogP) is 2.44. The molecule has 0 aromatic rings. The first-order valence-electron chi connectivity index (χ1n) is 6.06. The van der Waals surface area contributed by atoms with Crippen molar-refractivity contribution >= 4 is 5.91 Å². The molecule has 1 heterocycles. The fourth-order valence-corrected chi connectivity index (χ4v) is 2.74. The summed E-state index contributed by atoms with van der Waals surface area (Å²) < 4.78 is 0. The van der Waals surface area contributed by atoms with Crippen LogP contribution in [0.15, 0.2) is 0 Å². The minimum Gasteiger partial charge on any atom is -0.342 e. The Labute approximate surface area is 86.7 Å². The third kappa shape index (κ3) is 2.10. The minimum absolute atomic E-state index is 0.369. The maximum Gasteiger partial charge on any atom is 0.225 e. The highest BCUT2D eigenvalue weighted by molar-refractivity contribution is 5.79. The Bertz CT molecular complexity index is 202. The monoisotopic (exact) mass is 195 g/mol. The van der Waals surface area contributed by atoms with E-state index in [0.717, 1.165) is 31.8 Å². The number of hydrogen-bond acceptors (Lipinski definition) is 1. The van der Waals surface area contributed by atoms with Crippen LogP contribution in [0.2, 0.25) is 0 Å². The Hall–Kier alpha value is -0.530. The van der Waals surface area contributed by atoms with Gasteiger partial charge in [-0.25, -0.2) is 0 Å². The molecule has 0 aromatic carbocycles. The summed E-state index contributed by atoms with van der Waals surface area (Å²) in [6.45, 7) is 4.26. The van der Waals surface area contributed by atoms with Crippen LogP contribution in [0.5, 0.6) is 0 Å². The van der Waals surface area contributed by atoms with Crippen molar-refractivity contribution in [1.29, 1.82) is 0 Å². The molecule has 2 rings (SSSR count). The van der Waals surface area contributed by atoms with E-state index in [-0.39, 0.29) is 0 Å². The van der Waals surface area contributed by atoms with Crippen molar-refractivity contribution in [3.05, 3.63) is 0 Å². The molecule has 2 heteroatoms. The lowest BCUT2D eigenvalue weighted by molar-refractivity contribution is -0.135. The summed E-state index contributed by atoms with van der Waals surface area (Å²) in [5, 5.41) is 0. The quantitative estimate of drug-likeness (QED) is 0.629. The number of likely N-dealkylation sites (tertiary alicyclic amines) is 1. The summed E-state index contributed by atoms with van der Waals surface area (Å²) in [5.41, 5.74) is 0. The molecule has 1 saturated heterocycles. The van der Waals surface area contributed by atoms with Crippen LogP contribution in [0.3, 0.4) is 0 Å². The van der Waals surface area contributed by atoms with Gasteiger partial charge in [0, 0.05) is 19.0 Å². The van der Waals surface area contributed by atoms with Crippen molar-refractivity contribution in [3.8, 4) is 0 Å². The molecule has 0 N–H and O–H groups in total. The summed E-state index contributed by atoms with van der Waals surface area (Å²) in [7, 11) is 0. The maximum absolute atomic E-state index is 12.1.